The molecule has 0 saturated heterocycles. The second kappa shape index (κ2) is 3.85. The highest BCUT2D eigenvalue weighted by atomic mass is 14.6. The summed E-state index contributed by atoms with van der Waals surface area (Å²) >= 11 is 0. The lowest BCUT2D eigenvalue weighted by molar-refractivity contribution is 0.00189. The molecule has 1 unspecified atom stereocenters. The fraction of sp³-hybridized carbons (Fsp3) is 0.455. The Morgan fingerprint density at radius 2 is 1.36 bits per heavy atom. The first-order valence-electron chi connectivity index (χ1n) is 8.44. The molecule has 4 rings (SSSR count). The molecular formula is C22H26. The van der Waals surface area contributed by atoms with Gasteiger partial charge in [0.1, 0.15) is 0 Å². The summed E-state index contributed by atoms with van der Waals surface area (Å²) in [7, 11) is 0. The summed E-state index contributed by atoms with van der Waals surface area (Å²) in [5, 5.41) is 0. The number of rotatable bonds is 0. The van der Waals surface area contributed by atoms with E-state index in [1.54, 1.807) is 11.1 Å². The molecule has 2 aliphatic rings. The summed E-state index contributed by atoms with van der Waals surface area (Å²) in [6, 6.07) is 16.0. The van der Waals surface area contributed by atoms with Crippen LogP contribution >= 0.6 is 0 Å². The van der Waals surface area contributed by atoms with E-state index in [1.807, 2.05) is 0 Å². The molecule has 0 heteroatoms. The zero-order valence-electron chi connectivity index (χ0n) is 14.6. The Bertz CT molecular complexity index is 774. The van der Waals surface area contributed by atoms with Crippen LogP contribution in [0.1, 0.15) is 64.2 Å². The minimum absolute atomic E-state index is 0.167. The maximum atomic E-state index is 2.47. The third-order valence-electron chi connectivity index (χ3n) is 7.53. The standard InChI is InChI=1S/C22H26/c1-20(2)17-13-9-12-15-14-10-7-8-11-16(14)19(18(15)17)21(3,4)22(20,5)6/h7-13,19H,1-6H3. The minimum atomic E-state index is 0.167. The molecule has 114 valence electrons. The van der Waals surface area contributed by atoms with E-state index in [1.165, 1.54) is 16.7 Å². The van der Waals surface area contributed by atoms with Gasteiger partial charge in [0.05, 0.1) is 0 Å². The average Bonchev–Trinajstić information content (AvgIpc) is 2.80. The maximum Gasteiger partial charge on any atom is 0.0161 e. The molecule has 0 amide bonds. The van der Waals surface area contributed by atoms with Crippen molar-refractivity contribution < 1.29 is 0 Å². The highest BCUT2D eigenvalue weighted by Gasteiger charge is 2.59. The van der Waals surface area contributed by atoms with Crippen LogP contribution in [0.15, 0.2) is 42.5 Å². The fourth-order valence-corrected chi connectivity index (χ4v) is 5.06. The van der Waals surface area contributed by atoms with E-state index in [0.717, 1.165) is 0 Å². The van der Waals surface area contributed by atoms with Gasteiger partial charge in [0.2, 0.25) is 0 Å². The van der Waals surface area contributed by atoms with Crippen molar-refractivity contribution >= 4 is 0 Å². The summed E-state index contributed by atoms with van der Waals surface area (Å²) in [5.74, 6) is 0.512. The maximum absolute atomic E-state index is 2.47. The Balaban J connectivity index is 2.17. The Morgan fingerprint density at radius 1 is 0.727 bits per heavy atom. The van der Waals surface area contributed by atoms with Gasteiger partial charge in [-0.25, -0.2) is 0 Å². The predicted molar refractivity (Wildman–Crippen MR) is 94.3 cm³/mol. The SMILES string of the molecule is CC1(C)c2cccc3c2C(c2ccccc2-3)C(C)(C)C1(C)C. The Labute approximate surface area is 134 Å². The van der Waals surface area contributed by atoms with Crippen LogP contribution in [0, 0.1) is 10.8 Å². The first kappa shape index (κ1) is 14.1. The molecular weight excluding hydrogens is 264 g/mol. The van der Waals surface area contributed by atoms with Gasteiger partial charge >= 0.3 is 0 Å². The van der Waals surface area contributed by atoms with Crippen LogP contribution in [0.4, 0.5) is 0 Å². The predicted octanol–water partition coefficient (Wildman–Crippen LogP) is 6.14. The summed E-state index contributed by atoms with van der Waals surface area (Å²) in [6.45, 7) is 14.7. The smallest absolute Gasteiger partial charge is 0.0161 e. The van der Waals surface area contributed by atoms with Gasteiger partial charge in [0.25, 0.3) is 0 Å². The van der Waals surface area contributed by atoms with Crippen molar-refractivity contribution in [2.75, 3.05) is 0 Å². The van der Waals surface area contributed by atoms with Crippen LogP contribution in [0.2, 0.25) is 0 Å². The van der Waals surface area contributed by atoms with Gasteiger partial charge in [0.15, 0.2) is 0 Å². The van der Waals surface area contributed by atoms with Gasteiger partial charge < -0.3 is 0 Å². The van der Waals surface area contributed by atoms with Crippen molar-refractivity contribution in [1.29, 1.82) is 0 Å². The molecule has 0 spiro atoms. The molecule has 0 heterocycles. The Hall–Kier alpha value is -1.56. The molecule has 0 bridgehead atoms. The van der Waals surface area contributed by atoms with Crippen molar-refractivity contribution in [3.05, 3.63) is 59.2 Å². The van der Waals surface area contributed by atoms with Crippen LogP contribution in [0.3, 0.4) is 0 Å². The minimum Gasteiger partial charge on any atom is -0.0619 e. The van der Waals surface area contributed by atoms with Crippen LogP contribution in [-0.2, 0) is 5.41 Å². The summed E-state index contributed by atoms with van der Waals surface area (Å²) in [4.78, 5) is 0. The fourth-order valence-electron chi connectivity index (χ4n) is 5.06. The Morgan fingerprint density at radius 3 is 2.09 bits per heavy atom. The molecule has 2 aromatic rings. The monoisotopic (exact) mass is 290 g/mol. The second-order valence-corrected chi connectivity index (χ2v) is 8.76. The van der Waals surface area contributed by atoms with Gasteiger partial charge in [-0.15, -0.1) is 0 Å². The Kier molecular flexibility index (Phi) is 2.46. The van der Waals surface area contributed by atoms with Gasteiger partial charge in [-0.2, -0.15) is 0 Å². The largest absolute Gasteiger partial charge is 0.0619 e. The van der Waals surface area contributed by atoms with Gasteiger partial charge in [-0.3, -0.25) is 0 Å². The van der Waals surface area contributed by atoms with Crippen molar-refractivity contribution in [1.82, 2.24) is 0 Å². The van der Waals surface area contributed by atoms with Crippen molar-refractivity contribution in [3.8, 4) is 11.1 Å². The number of hydrogen-bond acceptors (Lipinski definition) is 0. The molecule has 1 atom stereocenters. The van der Waals surface area contributed by atoms with E-state index < -0.39 is 0 Å². The number of fused-ring (bicyclic) bond motifs is 3. The molecule has 0 nitrogen and oxygen atoms in total. The third-order valence-corrected chi connectivity index (χ3v) is 7.53. The second-order valence-electron chi connectivity index (χ2n) is 8.76. The third kappa shape index (κ3) is 1.31. The molecule has 2 aromatic carbocycles. The zero-order valence-corrected chi connectivity index (χ0v) is 14.6. The van der Waals surface area contributed by atoms with Crippen LogP contribution < -0.4 is 0 Å². The van der Waals surface area contributed by atoms with Gasteiger partial charge in [0, 0.05) is 5.92 Å². The first-order valence-corrected chi connectivity index (χ1v) is 8.44. The van der Waals surface area contributed by atoms with Crippen LogP contribution in [0.25, 0.3) is 11.1 Å². The summed E-state index contributed by atoms with van der Waals surface area (Å²) in [6.07, 6.45) is 0. The lowest BCUT2D eigenvalue weighted by atomic mass is 9.44. The van der Waals surface area contributed by atoms with Crippen LogP contribution in [0.5, 0.6) is 0 Å². The summed E-state index contributed by atoms with van der Waals surface area (Å²) in [5.41, 5.74) is 8.19. The normalized spacial score (nSPS) is 25.5. The molecule has 2 aliphatic carbocycles. The van der Waals surface area contributed by atoms with Crippen molar-refractivity contribution in [2.24, 2.45) is 10.8 Å². The number of benzene rings is 2. The summed E-state index contributed by atoms with van der Waals surface area (Å²) < 4.78 is 0. The van der Waals surface area contributed by atoms with E-state index in [9.17, 15) is 0 Å². The highest BCUT2D eigenvalue weighted by molar-refractivity contribution is 5.82. The topological polar surface area (TPSA) is 0 Å². The molecule has 0 radical (unpaired) electrons. The van der Waals surface area contributed by atoms with E-state index >= 15 is 0 Å². The van der Waals surface area contributed by atoms with E-state index in [-0.39, 0.29) is 16.2 Å². The highest BCUT2D eigenvalue weighted by Crippen LogP contribution is 2.68. The molecule has 0 fully saturated rings. The van der Waals surface area contributed by atoms with E-state index in [4.69, 9.17) is 0 Å². The van der Waals surface area contributed by atoms with Gasteiger partial charge in [-0.1, -0.05) is 84.0 Å². The van der Waals surface area contributed by atoms with Crippen molar-refractivity contribution in [3.63, 3.8) is 0 Å². The average molecular weight is 290 g/mol. The lowest BCUT2D eigenvalue weighted by Crippen LogP contribution is -2.53. The quantitative estimate of drug-likeness (QED) is 0.546. The molecule has 0 saturated carbocycles. The van der Waals surface area contributed by atoms with Gasteiger partial charge in [-0.05, 0) is 44.1 Å². The molecule has 22 heavy (non-hydrogen) atoms. The number of hydrogen-bond donors (Lipinski definition) is 0. The van der Waals surface area contributed by atoms with E-state index in [2.05, 4.69) is 84.0 Å². The zero-order chi connectivity index (χ0) is 15.9. The van der Waals surface area contributed by atoms with E-state index in [0.29, 0.717) is 5.92 Å². The molecule has 0 N–H and O–H groups in total. The van der Waals surface area contributed by atoms with Crippen molar-refractivity contribution in [2.45, 2.75) is 52.9 Å². The molecule has 0 aliphatic heterocycles. The van der Waals surface area contributed by atoms with Crippen LogP contribution in [-0.4, -0.2) is 0 Å². The molecule has 0 aromatic heterocycles. The first-order chi connectivity index (χ1) is 10.2. The lowest BCUT2D eigenvalue weighted by Gasteiger charge is -2.60.